The fraction of sp³-hybridized carbons (Fsp3) is 0. The molecular weight excluding hydrogens is 246 g/mol. The molecule has 0 fully saturated rings. The van der Waals surface area contributed by atoms with Crippen LogP contribution < -0.4 is 5.32 Å². The number of hydrogen-bond donors (Lipinski definition) is 2. The summed E-state index contributed by atoms with van der Waals surface area (Å²) in [5.41, 5.74) is 3.15. The molecule has 3 heteroatoms. The van der Waals surface area contributed by atoms with Gasteiger partial charge in [-0.05, 0) is 41.8 Å². The van der Waals surface area contributed by atoms with Gasteiger partial charge in [0.05, 0.1) is 5.52 Å². The van der Waals surface area contributed by atoms with Gasteiger partial charge >= 0.3 is 0 Å². The van der Waals surface area contributed by atoms with Crippen LogP contribution in [0.25, 0.3) is 21.8 Å². The van der Waals surface area contributed by atoms with Crippen LogP contribution in [0.5, 0.6) is 0 Å². The first-order chi connectivity index (χ1) is 9.88. The minimum absolute atomic E-state index is 0.856. The van der Waals surface area contributed by atoms with Gasteiger partial charge in [-0.3, -0.25) is 0 Å². The van der Waals surface area contributed by atoms with Crippen molar-refractivity contribution >= 4 is 33.3 Å². The number of aromatic amines is 1. The van der Waals surface area contributed by atoms with Gasteiger partial charge in [-0.25, -0.2) is 4.98 Å². The summed E-state index contributed by atoms with van der Waals surface area (Å²) >= 11 is 0. The van der Waals surface area contributed by atoms with E-state index in [-0.39, 0.29) is 0 Å². The van der Waals surface area contributed by atoms with E-state index < -0.39 is 0 Å². The van der Waals surface area contributed by atoms with E-state index in [2.05, 4.69) is 51.7 Å². The lowest BCUT2D eigenvalue weighted by molar-refractivity contribution is 1.37. The lowest BCUT2D eigenvalue weighted by Gasteiger charge is -2.07. The molecule has 20 heavy (non-hydrogen) atoms. The molecule has 0 bridgehead atoms. The Kier molecular flexibility index (Phi) is 2.42. The van der Waals surface area contributed by atoms with Crippen LogP contribution in [0.15, 0.2) is 66.9 Å². The highest BCUT2D eigenvalue weighted by molar-refractivity contribution is 5.84. The van der Waals surface area contributed by atoms with Gasteiger partial charge in [-0.2, -0.15) is 0 Å². The van der Waals surface area contributed by atoms with Gasteiger partial charge in [0.15, 0.2) is 0 Å². The molecule has 0 saturated carbocycles. The Labute approximate surface area is 116 Å². The van der Waals surface area contributed by atoms with Crippen molar-refractivity contribution in [1.82, 2.24) is 9.97 Å². The third-order valence-electron chi connectivity index (χ3n) is 3.43. The summed E-state index contributed by atoms with van der Waals surface area (Å²) in [4.78, 5) is 7.83. The van der Waals surface area contributed by atoms with E-state index in [0.717, 1.165) is 27.9 Å². The van der Waals surface area contributed by atoms with Crippen LogP contribution in [0.4, 0.5) is 11.5 Å². The lowest BCUT2D eigenvalue weighted by Crippen LogP contribution is -1.93. The van der Waals surface area contributed by atoms with E-state index in [1.54, 1.807) is 0 Å². The van der Waals surface area contributed by atoms with Crippen molar-refractivity contribution in [3.05, 3.63) is 66.9 Å². The second kappa shape index (κ2) is 4.38. The Morgan fingerprint density at radius 3 is 2.75 bits per heavy atom. The van der Waals surface area contributed by atoms with E-state index in [0.29, 0.717) is 0 Å². The first-order valence-electron chi connectivity index (χ1n) is 6.58. The predicted octanol–water partition coefficient (Wildman–Crippen LogP) is 4.46. The number of fused-ring (bicyclic) bond motifs is 2. The number of pyridine rings is 1. The predicted molar refractivity (Wildman–Crippen MR) is 83.3 cm³/mol. The second-order valence-electron chi connectivity index (χ2n) is 4.79. The van der Waals surface area contributed by atoms with E-state index in [4.69, 9.17) is 0 Å². The minimum atomic E-state index is 0.856. The van der Waals surface area contributed by atoms with Crippen molar-refractivity contribution in [2.75, 3.05) is 5.32 Å². The highest BCUT2D eigenvalue weighted by Crippen LogP contribution is 2.22. The molecule has 0 atom stereocenters. The minimum Gasteiger partial charge on any atom is -0.361 e. The fourth-order valence-corrected chi connectivity index (χ4v) is 2.41. The van der Waals surface area contributed by atoms with Crippen LogP contribution in [0.3, 0.4) is 0 Å². The number of H-pyrrole nitrogens is 1. The fourth-order valence-electron chi connectivity index (χ4n) is 2.41. The Hall–Kier alpha value is -2.81. The maximum Gasteiger partial charge on any atom is 0.131 e. The molecule has 0 radical (unpaired) electrons. The average Bonchev–Trinajstić information content (AvgIpc) is 2.95. The maximum atomic E-state index is 4.62. The summed E-state index contributed by atoms with van der Waals surface area (Å²) in [6.07, 6.45) is 1.95. The van der Waals surface area contributed by atoms with Crippen LogP contribution in [0.1, 0.15) is 0 Å². The Morgan fingerprint density at radius 2 is 1.75 bits per heavy atom. The quantitative estimate of drug-likeness (QED) is 0.558. The summed E-state index contributed by atoms with van der Waals surface area (Å²) in [6.45, 7) is 0. The summed E-state index contributed by atoms with van der Waals surface area (Å²) < 4.78 is 0. The molecule has 2 aromatic carbocycles. The van der Waals surface area contributed by atoms with Crippen molar-refractivity contribution in [3.63, 3.8) is 0 Å². The molecule has 96 valence electrons. The molecular formula is C17H13N3. The molecule has 2 N–H and O–H groups in total. The smallest absolute Gasteiger partial charge is 0.131 e. The Balaban J connectivity index is 1.72. The average molecular weight is 259 g/mol. The van der Waals surface area contributed by atoms with Gasteiger partial charge in [0.2, 0.25) is 0 Å². The summed E-state index contributed by atoms with van der Waals surface area (Å²) in [5, 5.41) is 5.71. The van der Waals surface area contributed by atoms with Crippen molar-refractivity contribution in [3.8, 4) is 0 Å². The standard InChI is InChI=1S/C17H13N3/c1-2-4-15-12(3-1)6-8-17(20-15)19-14-7-5-13-9-10-18-16(13)11-14/h1-11,18H,(H,19,20). The number of para-hydroxylation sites is 1. The number of nitrogens with one attached hydrogen (secondary N) is 2. The summed E-state index contributed by atoms with van der Waals surface area (Å²) in [6, 6.07) is 20.5. The molecule has 0 amide bonds. The summed E-state index contributed by atoms with van der Waals surface area (Å²) in [7, 11) is 0. The van der Waals surface area contributed by atoms with Crippen molar-refractivity contribution in [2.24, 2.45) is 0 Å². The van der Waals surface area contributed by atoms with Gasteiger partial charge < -0.3 is 10.3 Å². The third kappa shape index (κ3) is 1.89. The van der Waals surface area contributed by atoms with Gasteiger partial charge in [0.25, 0.3) is 0 Å². The largest absolute Gasteiger partial charge is 0.361 e. The van der Waals surface area contributed by atoms with E-state index >= 15 is 0 Å². The molecule has 0 spiro atoms. The van der Waals surface area contributed by atoms with Crippen LogP contribution in [-0.2, 0) is 0 Å². The first kappa shape index (κ1) is 11.1. The van der Waals surface area contributed by atoms with Crippen LogP contribution in [0, 0.1) is 0 Å². The summed E-state index contributed by atoms with van der Waals surface area (Å²) in [5.74, 6) is 0.856. The highest BCUT2D eigenvalue weighted by Gasteiger charge is 2.00. The number of nitrogens with zero attached hydrogens (tertiary/aromatic N) is 1. The Morgan fingerprint density at radius 1 is 0.850 bits per heavy atom. The molecule has 2 aromatic heterocycles. The topological polar surface area (TPSA) is 40.7 Å². The third-order valence-corrected chi connectivity index (χ3v) is 3.43. The molecule has 0 unspecified atom stereocenters. The maximum absolute atomic E-state index is 4.62. The molecule has 0 saturated heterocycles. The molecule has 0 aliphatic rings. The number of rotatable bonds is 2. The monoisotopic (exact) mass is 259 g/mol. The molecule has 4 rings (SSSR count). The molecule has 3 nitrogen and oxygen atoms in total. The van der Waals surface area contributed by atoms with Crippen LogP contribution in [0.2, 0.25) is 0 Å². The molecule has 0 aliphatic carbocycles. The Bertz CT molecular complexity index is 893. The molecule has 4 aromatic rings. The van der Waals surface area contributed by atoms with Gasteiger partial charge in [-0.1, -0.05) is 24.3 Å². The number of aromatic nitrogens is 2. The van der Waals surface area contributed by atoms with Gasteiger partial charge in [0.1, 0.15) is 5.82 Å². The number of benzene rings is 2. The SMILES string of the molecule is c1ccc2nc(Nc3ccc4cc[nH]c4c3)ccc2c1. The van der Waals surface area contributed by atoms with Crippen LogP contribution >= 0.6 is 0 Å². The number of anilines is 2. The second-order valence-corrected chi connectivity index (χ2v) is 4.79. The highest BCUT2D eigenvalue weighted by atomic mass is 15.0. The first-order valence-corrected chi connectivity index (χ1v) is 6.58. The van der Waals surface area contributed by atoms with E-state index in [9.17, 15) is 0 Å². The molecule has 0 aliphatic heterocycles. The van der Waals surface area contributed by atoms with Crippen molar-refractivity contribution in [2.45, 2.75) is 0 Å². The van der Waals surface area contributed by atoms with E-state index in [1.807, 2.05) is 30.5 Å². The zero-order chi connectivity index (χ0) is 13.4. The zero-order valence-corrected chi connectivity index (χ0v) is 10.8. The van der Waals surface area contributed by atoms with Crippen molar-refractivity contribution in [1.29, 1.82) is 0 Å². The zero-order valence-electron chi connectivity index (χ0n) is 10.8. The van der Waals surface area contributed by atoms with Crippen molar-refractivity contribution < 1.29 is 0 Å². The lowest BCUT2D eigenvalue weighted by atomic mass is 10.2. The molecule has 2 heterocycles. The normalized spacial score (nSPS) is 11.0. The van der Waals surface area contributed by atoms with Gasteiger partial charge in [-0.15, -0.1) is 0 Å². The van der Waals surface area contributed by atoms with Gasteiger partial charge in [0, 0.05) is 22.8 Å². The van der Waals surface area contributed by atoms with Crippen LogP contribution in [-0.4, -0.2) is 9.97 Å². The number of hydrogen-bond acceptors (Lipinski definition) is 2. The van der Waals surface area contributed by atoms with E-state index in [1.165, 1.54) is 5.39 Å².